The van der Waals surface area contributed by atoms with Crippen LogP contribution in [0, 0.1) is 5.92 Å². The fraction of sp³-hybridized carbons (Fsp3) is 0.462. The maximum absolute atomic E-state index is 10.4. The Hall–Kier alpha value is -1.31. The van der Waals surface area contributed by atoms with Crippen LogP contribution in [-0.2, 0) is 4.79 Å². The van der Waals surface area contributed by atoms with E-state index in [1.807, 2.05) is 13.0 Å². The zero-order valence-corrected chi connectivity index (χ0v) is 9.36. The summed E-state index contributed by atoms with van der Waals surface area (Å²) in [5, 5.41) is 8.54. The van der Waals surface area contributed by atoms with Crippen LogP contribution in [0.2, 0.25) is 0 Å². The summed E-state index contributed by atoms with van der Waals surface area (Å²) in [6, 6.07) is 0. The van der Waals surface area contributed by atoms with Crippen molar-refractivity contribution in [2.75, 3.05) is 0 Å². The van der Waals surface area contributed by atoms with Crippen molar-refractivity contribution in [1.82, 2.24) is 0 Å². The van der Waals surface area contributed by atoms with Crippen molar-refractivity contribution in [3.8, 4) is 0 Å². The molecule has 0 amide bonds. The molecule has 0 heterocycles. The molecule has 2 heteroatoms. The van der Waals surface area contributed by atoms with E-state index >= 15 is 0 Å². The molecule has 1 rings (SSSR count). The highest BCUT2D eigenvalue weighted by Gasteiger charge is 2.08. The largest absolute Gasteiger partial charge is 0.478 e. The van der Waals surface area contributed by atoms with Crippen molar-refractivity contribution < 1.29 is 9.90 Å². The Morgan fingerprint density at radius 1 is 1.60 bits per heavy atom. The van der Waals surface area contributed by atoms with E-state index in [4.69, 9.17) is 5.11 Å². The Labute approximate surface area is 91.0 Å². The summed E-state index contributed by atoms with van der Waals surface area (Å²) in [4.78, 5) is 10.4. The van der Waals surface area contributed by atoms with Gasteiger partial charge in [0.25, 0.3) is 0 Å². The highest BCUT2D eigenvalue weighted by atomic mass is 16.4. The first-order chi connectivity index (χ1) is 7.08. The number of aliphatic carboxylic acids is 1. The monoisotopic (exact) mass is 206 g/mol. The van der Waals surface area contributed by atoms with Gasteiger partial charge in [0.2, 0.25) is 0 Å². The molecule has 0 saturated carbocycles. The summed E-state index contributed by atoms with van der Waals surface area (Å²) in [5.74, 6) is -0.303. The fourth-order valence-electron chi connectivity index (χ4n) is 1.69. The van der Waals surface area contributed by atoms with Crippen LogP contribution in [0.25, 0.3) is 0 Å². The summed E-state index contributed by atoms with van der Waals surface area (Å²) in [7, 11) is 0. The molecule has 1 N–H and O–H groups in total. The third-order valence-corrected chi connectivity index (χ3v) is 2.66. The Kier molecular flexibility index (Phi) is 4.35. The summed E-state index contributed by atoms with van der Waals surface area (Å²) in [6.07, 6.45) is 11.0. The van der Waals surface area contributed by atoms with E-state index in [0.717, 1.165) is 18.4 Å². The molecule has 82 valence electrons. The maximum atomic E-state index is 10.4. The summed E-state index contributed by atoms with van der Waals surface area (Å²) >= 11 is 0. The second-order valence-corrected chi connectivity index (χ2v) is 4.17. The van der Waals surface area contributed by atoms with Crippen molar-refractivity contribution in [1.29, 1.82) is 0 Å². The summed E-state index contributed by atoms with van der Waals surface area (Å²) < 4.78 is 0. The smallest absolute Gasteiger partial charge is 0.328 e. The van der Waals surface area contributed by atoms with Crippen LogP contribution in [0.15, 0.2) is 35.5 Å². The second kappa shape index (κ2) is 5.54. The van der Waals surface area contributed by atoms with Gasteiger partial charge in [-0.05, 0) is 44.6 Å². The lowest BCUT2D eigenvalue weighted by atomic mass is 9.90. The highest BCUT2D eigenvalue weighted by molar-refractivity contribution is 5.81. The molecule has 0 radical (unpaired) electrons. The third-order valence-electron chi connectivity index (χ3n) is 2.66. The normalized spacial score (nSPS) is 22.9. The van der Waals surface area contributed by atoms with E-state index in [9.17, 15) is 4.79 Å². The van der Waals surface area contributed by atoms with Crippen molar-refractivity contribution in [3.05, 3.63) is 35.5 Å². The van der Waals surface area contributed by atoms with Crippen molar-refractivity contribution in [2.45, 2.75) is 33.1 Å². The number of carboxylic acid groups (broad SMARTS) is 1. The van der Waals surface area contributed by atoms with Crippen LogP contribution in [-0.4, -0.2) is 11.1 Å². The number of rotatable bonds is 3. The fourth-order valence-corrected chi connectivity index (χ4v) is 1.69. The number of allylic oxidation sites excluding steroid dienone is 5. The van der Waals surface area contributed by atoms with Gasteiger partial charge in [-0.15, -0.1) is 0 Å². The Balaban J connectivity index is 2.48. The molecule has 0 bridgehead atoms. The average Bonchev–Trinajstić information content (AvgIpc) is 2.16. The molecule has 0 fully saturated rings. The third kappa shape index (κ3) is 4.63. The van der Waals surface area contributed by atoms with Gasteiger partial charge in [-0.3, -0.25) is 0 Å². The summed E-state index contributed by atoms with van der Waals surface area (Å²) in [5.41, 5.74) is 2.27. The molecule has 0 aromatic rings. The molecule has 0 aromatic heterocycles. The molecule has 1 aliphatic carbocycles. The Morgan fingerprint density at radius 3 is 2.87 bits per heavy atom. The minimum absolute atomic E-state index is 0.575. The SMILES string of the molecule is CC1=CCC(/C=C/C(C)=C\C(=O)O)CC1. The lowest BCUT2D eigenvalue weighted by molar-refractivity contribution is -0.131. The van der Waals surface area contributed by atoms with Gasteiger partial charge >= 0.3 is 5.97 Å². The minimum Gasteiger partial charge on any atom is -0.478 e. The van der Waals surface area contributed by atoms with E-state index in [2.05, 4.69) is 19.1 Å². The van der Waals surface area contributed by atoms with E-state index in [1.54, 1.807) is 0 Å². The Morgan fingerprint density at radius 2 is 2.33 bits per heavy atom. The highest BCUT2D eigenvalue weighted by Crippen LogP contribution is 2.24. The van der Waals surface area contributed by atoms with Gasteiger partial charge in [-0.2, -0.15) is 0 Å². The van der Waals surface area contributed by atoms with Crippen molar-refractivity contribution >= 4 is 5.97 Å². The quantitative estimate of drug-likeness (QED) is 0.437. The van der Waals surface area contributed by atoms with Gasteiger partial charge in [0, 0.05) is 6.08 Å². The van der Waals surface area contributed by atoms with Gasteiger partial charge in [0.05, 0.1) is 0 Å². The molecular formula is C13H18O2. The number of carboxylic acids is 1. The molecular weight excluding hydrogens is 188 g/mol. The molecule has 0 aliphatic heterocycles. The lowest BCUT2D eigenvalue weighted by Gasteiger charge is -2.16. The average molecular weight is 206 g/mol. The number of hydrogen-bond acceptors (Lipinski definition) is 1. The van der Waals surface area contributed by atoms with Gasteiger partial charge in [-0.1, -0.05) is 23.8 Å². The lowest BCUT2D eigenvalue weighted by Crippen LogP contribution is -2.01. The molecule has 1 unspecified atom stereocenters. The van der Waals surface area contributed by atoms with Crippen LogP contribution in [0.3, 0.4) is 0 Å². The van der Waals surface area contributed by atoms with Crippen LogP contribution in [0.4, 0.5) is 0 Å². The number of hydrogen-bond donors (Lipinski definition) is 1. The first kappa shape index (κ1) is 11.8. The zero-order chi connectivity index (χ0) is 11.3. The van der Waals surface area contributed by atoms with Crippen molar-refractivity contribution in [3.63, 3.8) is 0 Å². The summed E-state index contributed by atoms with van der Waals surface area (Å²) in [6.45, 7) is 3.98. The van der Waals surface area contributed by atoms with E-state index in [1.165, 1.54) is 18.1 Å². The van der Waals surface area contributed by atoms with Gasteiger partial charge in [0.15, 0.2) is 0 Å². The number of carbonyl (C=O) groups is 1. The topological polar surface area (TPSA) is 37.3 Å². The second-order valence-electron chi connectivity index (χ2n) is 4.17. The van der Waals surface area contributed by atoms with Crippen molar-refractivity contribution in [2.24, 2.45) is 5.92 Å². The zero-order valence-electron chi connectivity index (χ0n) is 9.36. The minimum atomic E-state index is -0.878. The first-order valence-corrected chi connectivity index (χ1v) is 5.33. The van der Waals surface area contributed by atoms with Crippen LogP contribution in [0.1, 0.15) is 33.1 Å². The maximum Gasteiger partial charge on any atom is 0.328 e. The molecule has 2 nitrogen and oxygen atoms in total. The molecule has 1 atom stereocenters. The van der Waals surface area contributed by atoms with Gasteiger partial charge in [-0.25, -0.2) is 4.79 Å². The standard InChI is InChI=1S/C13H18O2/c1-10-3-6-12(7-4-10)8-5-11(2)9-13(14)15/h3,5,8-9,12H,4,6-7H2,1-2H3,(H,14,15)/b8-5+,11-9-. The van der Waals surface area contributed by atoms with Crippen LogP contribution in [0.5, 0.6) is 0 Å². The molecule has 15 heavy (non-hydrogen) atoms. The molecule has 1 aliphatic rings. The van der Waals surface area contributed by atoms with Crippen LogP contribution >= 0.6 is 0 Å². The van der Waals surface area contributed by atoms with Gasteiger partial charge in [0.1, 0.15) is 0 Å². The molecule has 0 spiro atoms. The molecule has 0 saturated heterocycles. The Bertz CT molecular complexity index is 321. The molecule has 0 aromatic carbocycles. The predicted octanol–water partition coefficient (Wildman–Crippen LogP) is 3.32. The van der Waals surface area contributed by atoms with E-state index < -0.39 is 5.97 Å². The van der Waals surface area contributed by atoms with E-state index in [0.29, 0.717) is 5.92 Å². The van der Waals surface area contributed by atoms with Crippen LogP contribution < -0.4 is 0 Å². The van der Waals surface area contributed by atoms with E-state index in [-0.39, 0.29) is 0 Å². The predicted molar refractivity (Wildman–Crippen MR) is 61.6 cm³/mol. The first-order valence-electron chi connectivity index (χ1n) is 5.33. The van der Waals surface area contributed by atoms with Gasteiger partial charge < -0.3 is 5.11 Å².